The van der Waals surface area contributed by atoms with E-state index in [-0.39, 0.29) is 23.9 Å². The first-order valence-corrected chi connectivity index (χ1v) is 6.84. The van der Waals surface area contributed by atoms with E-state index >= 15 is 0 Å². The van der Waals surface area contributed by atoms with Crippen LogP contribution in [0.25, 0.3) is 0 Å². The largest absolute Gasteiger partial charge is 0.353 e. The predicted molar refractivity (Wildman–Crippen MR) is 70.9 cm³/mol. The van der Waals surface area contributed by atoms with Gasteiger partial charge in [-0.05, 0) is 25.7 Å². The van der Waals surface area contributed by atoms with E-state index in [4.69, 9.17) is 5.73 Å². The second-order valence-electron chi connectivity index (χ2n) is 5.12. The molecule has 5 heteroatoms. The Morgan fingerprint density at radius 1 is 1.39 bits per heavy atom. The van der Waals surface area contributed by atoms with Crippen LogP contribution in [0.2, 0.25) is 0 Å². The van der Waals surface area contributed by atoms with Gasteiger partial charge in [0.05, 0.1) is 6.54 Å². The molecule has 0 unspecified atom stereocenters. The van der Waals surface area contributed by atoms with Gasteiger partial charge in [0.1, 0.15) is 0 Å². The Labute approximate surface area is 109 Å². The minimum absolute atomic E-state index is 0.0846. The van der Waals surface area contributed by atoms with Gasteiger partial charge in [0, 0.05) is 25.0 Å². The zero-order valence-corrected chi connectivity index (χ0v) is 11.5. The van der Waals surface area contributed by atoms with Crippen molar-refractivity contribution < 1.29 is 9.59 Å². The molecule has 18 heavy (non-hydrogen) atoms. The number of hydrogen-bond acceptors (Lipinski definition) is 3. The standard InChI is InChI=1S/C13H25N3O2/c1-3-13(14,4-2)10-15-11(17)9-16-8-6-5-7-12(16)18/h3-10,14H2,1-2H3,(H,15,17). The summed E-state index contributed by atoms with van der Waals surface area (Å²) in [5.74, 6) is -0.0247. The molecule has 0 aromatic rings. The molecule has 1 aliphatic heterocycles. The normalized spacial score (nSPS) is 16.8. The fourth-order valence-electron chi connectivity index (χ4n) is 2.03. The molecular weight excluding hydrogens is 230 g/mol. The molecule has 0 aliphatic carbocycles. The number of nitrogens with one attached hydrogen (secondary N) is 1. The van der Waals surface area contributed by atoms with Crippen LogP contribution < -0.4 is 11.1 Å². The van der Waals surface area contributed by atoms with E-state index in [1.165, 1.54) is 0 Å². The summed E-state index contributed by atoms with van der Waals surface area (Å²) in [4.78, 5) is 25.0. The highest BCUT2D eigenvalue weighted by Gasteiger charge is 2.23. The summed E-state index contributed by atoms with van der Waals surface area (Å²) in [6.45, 7) is 5.37. The maximum absolute atomic E-state index is 11.8. The van der Waals surface area contributed by atoms with Gasteiger partial charge in [-0.15, -0.1) is 0 Å². The van der Waals surface area contributed by atoms with Crippen molar-refractivity contribution in [3.05, 3.63) is 0 Å². The van der Waals surface area contributed by atoms with Gasteiger partial charge in [-0.25, -0.2) is 0 Å². The number of nitrogens with zero attached hydrogens (tertiary/aromatic N) is 1. The molecule has 0 radical (unpaired) electrons. The summed E-state index contributed by atoms with van der Waals surface area (Å²) in [6.07, 6.45) is 4.15. The second kappa shape index (κ2) is 6.73. The van der Waals surface area contributed by atoms with Crippen molar-refractivity contribution in [2.75, 3.05) is 19.6 Å². The van der Waals surface area contributed by atoms with E-state index in [0.717, 1.165) is 25.7 Å². The molecule has 1 fully saturated rings. The molecule has 0 spiro atoms. The SMILES string of the molecule is CCC(N)(CC)CNC(=O)CN1CCCCC1=O. The molecule has 1 saturated heterocycles. The van der Waals surface area contributed by atoms with Gasteiger partial charge in [-0.3, -0.25) is 9.59 Å². The van der Waals surface area contributed by atoms with Crippen LogP contribution in [0.15, 0.2) is 0 Å². The number of nitrogens with two attached hydrogens (primary N) is 1. The van der Waals surface area contributed by atoms with Crippen LogP contribution in [-0.4, -0.2) is 41.9 Å². The third kappa shape index (κ3) is 4.29. The van der Waals surface area contributed by atoms with Crippen LogP contribution in [0.1, 0.15) is 46.0 Å². The molecule has 0 bridgehead atoms. The monoisotopic (exact) mass is 255 g/mol. The Balaban J connectivity index is 2.35. The predicted octanol–water partition coefficient (Wildman–Crippen LogP) is 0.633. The number of rotatable bonds is 6. The summed E-state index contributed by atoms with van der Waals surface area (Å²) in [7, 11) is 0. The van der Waals surface area contributed by atoms with E-state index < -0.39 is 0 Å². The Hall–Kier alpha value is -1.10. The lowest BCUT2D eigenvalue weighted by atomic mass is 9.94. The molecule has 0 saturated carbocycles. The Kier molecular flexibility index (Phi) is 5.59. The number of piperidine rings is 1. The molecule has 0 atom stereocenters. The van der Waals surface area contributed by atoms with E-state index in [1.807, 2.05) is 13.8 Å². The lowest BCUT2D eigenvalue weighted by Crippen LogP contribution is -2.51. The van der Waals surface area contributed by atoms with Crippen molar-refractivity contribution in [2.45, 2.75) is 51.5 Å². The Morgan fingerprint density at radius 2 is 2.06 bits per heavy atom. The molecule has 1 heterocycles. The number of carbonyl (C=O) groups excluding carboxylic acids is 2. The van der Waals surface area contributed by atoms with Gasteiger partial charge in [0.25, 0.3) is 0 Å². The van der Waals surface area contributed by atoms with Crippen LogP contribution >= 0.6 is 0 Å². The van der Waals surface area contributed by atoms with E-state index in [1.54, 1.807) is 4.90 Å². The lowest BCUT2D eigenvalue weighted by Gasteiger charge is -2.29. The Bertz CT molecular complexity index is 301. The molecule has 2 amide bonds. The smallest absolute Gasteiger partial charge is 0.239 e. The maximum Gasteiger partial charge on any atom is 0.239 e. The number of hydrogen-bond donors (Lipinski definition) is 2. The highest BCUT2D eigenvalue weighted by atomic mass is 16.2. The molecule has 104 valence electrons. The van der Waals surface area contributed by atoms with Crippen LogP contribution in [0, 0.1) is 0 Å². The maximum atomic E-state index is 11.8. The quantitative estimate of drug-likeness (QED) is 0.731. The molecule has 0 aromatic heterocycles. The van der Waals surface area contributed by atoms with Crippen molar-refractivity contribution in [1.82, 2.24) is 10.2 Å². The average molecular weight is 255 g/mol. The van der Waals surface area contributed by atoms with Crippen molar-refractivity contribution in [2.24, 2.45) is 5.73 Å². The second-order valence-corrected chi connectivity index (χ2v) is 5.12. The van der Waals surface area contributed by atoms with Crippen molar-refractivity contribution in [3.8, 4) is 0 Å². The van der Waals surface area contributed by atoms with Crippen LogP contribution in [0.4, 0.5) is 0 Å². The third-order valence-electron chi connectivity index (χ3n) is 3.80. The molecule has 1 rings (SSSR count). The first-order chi connectivity index (χ1) is 8.50. The molecule has 5 nitrogen and oxygen atoms in total. The van der Waals surface area contributed by atoms with Crippen molar-refractivity contribution in [1.29, 1.82) is 0 Å². The molecule has 1 aliphatic rings. The summed E-state index contributed by atoms with van der Waals surface area (Å²) in [6, 6.07) is 0. The fourth-order valence-corrected chi connectivity index (χ4v) is 2.03. The molecule has 3 N–H and O–H groups in total. The summed E-state index contributed by atoms with van der Waals surface area (Å²) < 4.78 is 0. The molecule has 0 aromatic carbocycles. The van der Waals surface area contributed by atoms with Crippen LogP contribution in [0.5, 0.6) is 0 Å². The lowest BCUT2D eigenvalue weighted by molar-refractivity contribution is -0.137. The number of carbonyl (C=O) groups is 2. The van der Waals surface area contributed by atoms with Gasteiger partial charge in [-0.2, -0.15) is 0 Å². The zero-order valence-electron chi connectivity index (χ0n) is 11.5. The average Bonchev–Trinajstić information content (AvgIpc) is 2.39. The van der Waals surface area contributed by atoms with Crippen LogP contribution in [-0.2, 0) is 9.59 Å². The summed E-state index contributed by atoms with van der Waals surface area (Å²) in [5.41, 5.74) is 5.78. The highest BCUT2D eigenvalue weighted by Crippen LogP contribution is 2.11. The van der Waals surface area contributed by atoms with Gasteiger partial charge < -0.3 is 16.0 Å². The van der Waals surface area contributed by atoms with E-state index in [9.17, 15) is 9.59 Å². The zero-order chi connectivity index (χ0) is 13.6. The summed E-state index contributed by atoms with van der Waals surface area (Å²) in [5, 5.41) is 2.84. The van der Waals surface area contributed by atoms with E-state index in [0.29, 0.717) is 19.5 Å². The van der Waals surface area contributed by atoms with Gasteiger partial charge in [-0.1, -0.05) is 13.8 Å². The minimum atomic E-state index is -0.332. The summed E-state index contributed by atoms with van der Waals surface area (Å²) >= 11 is 0. The molecular formula is C13H25N3O2. The first-order valence-electron chi connectivity index (χ1n) is 6.84. The highest BCUT2D eigenvalue weighted by molar-refractivity contribution is 5.85. The van der Waals surface area contributed by atoms with Crippen LogP contribution in [0.3, 0.4) is 0 Å². The first kappa shape index (κ1) is 15.0. The third-order valence-corrected chi connectivity index (χ3v) is 3.80. The topological polar surface area (TPSA) is 75.4 Å². The fraction of sp³-hybridized carbons (Fsp3) is 0.846. The van der Waals surface area contributed by atoms with Crippen molar-refractivity contribution >= 4 is 11.8 Å². The van der Waals surface area contributed by atoms with Gasteiger partial charge in [0.2, 0.25) is 11.8 Å². The number of likely N-dealkylation sites (tertiary alicyclic amines) is 1. The van der Waals surface area contributed by atoms with Crippen molar-refractivity contribution in [3.63, 3.8) is 0 Å². The Morgan fingerprint density at radius 3 is 2.61 bits per heavy atom. The van der Waals surface area contributed by atoms with Gasteiger partial charge in [0.15, 0.2) is 0 Å². The van der Waals surface area contributed by atoms with Gasteiger partial charge >= 0.3 is 0 Å². The number of amides is 2. The van der Waals surface area contributed by atoms with E-state index in [2.05, 4.69) is 5.32 Å². The minimum Gasteiger partial charge on any atom is -0.353 e.